The Hall–Kier alpha value is -0.410. The molecular formula is C13H19BrN2. The Morgan fingerprint density at radius 1 is 1.31 bits per heavy atom. The Balaban J connectivity index is 1.90. The highest BCUT2D eigenvalue weighted by atomic mass is 79.9. The quantitative estimate of drug-likeness (QED) is 0.924. The van der Waals surface area contributed by atoms with Gasteiger partial charge in [-0.2, -0.15) is 0 Å². The van der Waals surface area contributed by atoms with E-state index in [1.165, 1.54) is 32.1 Å². The average Bonchev–Trinajstić information content (AvgIpc) is 2.33. The minimum absolute atomic E-state index is 0.286. The fraction of sp³-hybridized carbons (Fsp3) is 0.615. The second kappa shape index (κ2) is 5.78. The number of aromatic nitrogens is 1. The molecule has 2 N–H and O–H groups in total. The normalized spacial score (nSPS) is 19.6. The third-order valence-electron chi connectivity index (χ3n) is 3.49. The van der Waals surface area contributed by atoms with E-state index in [1.54, 1.807) is 0 Å². The molecule has 1 unspecified atom stereocenters. The van der Waals surface area contributed by atoms with Gasteiger partial charge in [0.25, 0.3) is 0 Å². The summed E-state index contributed by atoms with van der Waals surface area (Å²) in [6, 6.07) is 4.39. The minimum atomic E-state index is 0.286. The number of hydrogen-bond acceptors (Lipinski definition) is 2. The van der Waals surface area contributed by atoms with Gasteiger partial charge in [0, 0.05) is 28.8 Å². The van der Waals surface area contributed by atoms with E-state index in [4.69, 9.17) is 5.73 Å². The van der Waals surface area contributed by atoms with E-state index in [9.17, 15) is 0 Å². The van der Waals surface area contributed by atoms with Crippen LogP contribution >= 0.6 is 15.9 Å². The number of nitrogens with zero attached hydrogens (tertiary/aromatic N) is 1. The summed E-state index contributed by atoms with van der Waals surface area (Å²) in [5, 5.41) is 0. The zero-order chi connectivity index (χ0) is 11.4. The van der Waals surface area contributed by atoms with Crippen molar-refractivity contribution in [2.75, 3.05) is 0 Å². The zero-order valence-electron chi connectivity index (χ0n) is 9.53. The standard InChI is InChI=1S/C13H19BrN2/c14-11-6-7-12(16-9-11)8-13(15)10-4-2-1-3-5-10/h6-7,9-10,13H,1-5,8,15H2. The second-order valence-corrected chi connectivity index (χ2v) is 5.65. The van der Waals surface area contributed by atoms with Crippen LogP contribution in [0.5, 0.6) is 0 Å². The monoisotopic (exact) mass is 282 g/mol. The number of nitrogens with two attached hydrogens (primary N) is 1. The summed E-state index contributed by atoms with van der Waals surface area (Å²) in [6.45, 7) is 0. The number of halogens is 1. The predicted octanol–water partition coefficient (Wildman–Crippen LogP) is 3.29. The summed E-state index contributed by atoms with van der Waals surface area (Å²) in [6.07, 6.45) is 9.47. The molecule has 1 atom stereocenters. The summed E-state index contributed by atoms with van der Waals surface area (Å²) >= 11 is 3.39. The van der Waals surface area contributed by atoms with Crippen LogP contribution in [0.2, 0.25) is 0 Å². The fourth-order valence-corrected chi connectivity index (χ4v) is 2.73. The van der Waals surface area contributed by atoms with Gasteiger partial charge < -0.3 is 5.73 Å². The minimum Gasteiger partial charge on any atom is -0.327 e. The highest BCUT2D eigenvalue weighted by Crippen LogP contribution is 2.26. The molecule has 0 aliphatic heterocycles. The van der Waals surface area contributed by atoms with Gasteiger partial charge in [0.15, 0.2) is 0 Å². The Morgan fingerprint density at radius 3 is 2.69 bits per heavy atom. The number of hydrogen-bond donors (Lipinski definition) is 1. The van der Waals surface area contributed by atoms with Crippen LogP contribution < -0.4 is 5.73 Å². The predicted molar refractivity (Wildman–Crippen MR) is 70.2 cm³/mol. The molecular weight excluding hydrogens is 264 g/mol. The first-order chi connectivity index (χ1) is 7.75. The van der Waals surface area contributed by atoms with E-state index >= 15 is 0 Å². The SMILES string of the molecule is NC(Cc1ccc(Br)cn1)C1CCCCC1. The molecule has 1 aromatic heterocycles. The van der Waals surface area contributed by atoms with Crippen LogP contribution in [0.25, 0.3) is 0 Å². The molecule has 3 heteroatoms. The van der Waals surface area contributed by atoms with Gasteiger partial charge >= 0.3 is 0 Å². The summed E-state index contributed by atoms with van der Waals surface area (Å²) in [4.78, 5) is 4.39. The number of pyridine rings is 1. The van der Waals surface area contributed by atoms with Crippen LogP contribution in [-0.4, -0.2) is 11.0 Å². The molecule has 1 aromatic rings. The van der Waals surface area contributed by atoms with Gasteiger partial charge in [-0.1, -0.05) is 19.3 Å². The molecule has 0 radical (unpaired) electrons. The van der Waals surface area contributed by atoms with E-state index < -0.39 is 0 Å². The van der Waals surface area contributed by atoms with Gasteiger partial charge in [0.05, 0.1) is 0 Å². The van der Waals surface area contributed by atoms with E-state index in [0.29, 0.717) is 5.92 Å². The molecule has 2 rings (SSSR count). The molecule has 16 heavy (non-hydrogen) atoms. The van der Waals surface area contributed by atoms with Crippen molar-refractivity contribution >= 4 is 15.9 Å². The Labute approximate surface area is 106 Å². The lowest BCUT2D eigenvalue weighted by Crippen LogP contribution is -2.33. The molecule has 0 bridgehead atoms. The van der Waals surface area contributed by atoms with Gasteiger partial charge in [-0.05, 0) is 46.8 Å². The molecule has 1 aliphatic rings. The maximum atomic E-state index is 6.27. The van der Waals surface area contributed by atoms with Crippen LogP contribution in [-0.2, 0) is 6.42 Å². The van der Waals surface area contributed by atoms with Crippen molar-refractivity contribution in [2.24, 2.45) is 11.7 Å². The van der Waals surface area contributed by atoms with Crippen molar-refractivity contribution in [1.29, 1.82) is 0 Å². The molecule has 2 nitrogen and oxygen atoms in total. The summed E-state index contributed by atoms with van der Waals surface area (Å²) in [7, 11) is 0. The molecule has 1 saturated carbocycles. The van der Waals surface area contributed by atoms with E-state index in [2.05, 4.69) is 27.0 Å². The van der Waals surface area contributed by atoms with Crippen LogP contribution in [0.4, 0.5) is 0 Å². The zero-order valence-corrected chi connectivity index (χ0v) is 11.1. The van der Waals surface area contributed by atoms with Crippen molar-refractivity contribution in [3.63, 3.8) is 0 Å². The van der Waals surface area contributed by atoms with Crippen molar-refractivity contribution in [3.8, 4) is 0 Å². The lowest BCUT2D eigenvalue weighted by Gasteiger charge is -2.27. The first-order valence-electron chi connectivity index (χ1n) is 6.12. The Bertz CT molecular complexity index is 317. The Kier molecular flexibility index (Phi) is 4.36. The van der Waals surface area contributed by atoms with Crippen molar-refractivity contribution in [2.45, 2.75) is 44.6 Å². The highest BCUT2D eigenvalue weighted by molar-refractivity contribution is 9.10. The topological polar surface area (TPSA) is 38.9 Å². The Morgan fingerprint density at radius 2 is 2.06 bits per heavy atom. The van der Waals surface area contributed by atoms with Crippen molar-refractivity contribution < 1.29 is 0 Å². The van der Waals surface area contributed by atoms with Crippen LogP contribution in [0.3, 0.4) is 0 Å². The molecule has 1 heterocycles. The van der Waals surface area contributed by atoms with Crippen LogP contribution in [0, 0.1) is 5.92 Å². The third kappa shape index (κ3) is 3.29. The lowest BCUT2D eigenvalue weighted by molar-refractivity contribution is 0.302. The van der Waals surface area contributed by atoms with E-state index in [1.807, 2.05) is 12.3 Å². The summed E-state index contributed by atoms with van der Waals surface area (Å²) < 4.78 is 1.03. The van der Waals surface area contributed by atoms with E-state index in [0.717, 1.165) is 16.6 Å². The fourth-order valence-electron chi connectivity index (χ4n) is 2.50. The molecule has 1 aliphatic carbocycles. The largest absolute Gasteiger partial charge is 0.327 e. The maximum Gasteiger partial charge on any atom is 0.0420 e. The first-order valence-corrected chi connectivity index (χ1v) is 6.91. The molecule has 0 saturated heterocycles. The third-order valence-corrected chi connectivity index (χ3v) is 3.96. The maximum absolute atomic E-state index is 6.27. The number of rotatable bonds is 3. The van der Waals surface area contributed by atoms with Crippen LogP contribution in [0.1, 0.15) is 37.8 Å². The molecule has 88 valence electrons. The highest BCUT2D eigenvalue weighted by Gasteiger charge is 2.20. The lowest BCUT2D eigenvalue weighted by atomic mass is 9.82. The smallest absolute Gasteiger partial charge is 0.0420 e. The van der Waals surface area contributed by atoms with E-state index in [-0.39, 0.29) is 6.04 Å². The van der Waals surface area contributed by atoms with Gasteiger partial charge in [0.1, 0.15) is 0 Å². The molecule has 0 amide bonds. The van der Waals surface area contributed by atoms with Gasteiger partial charge in [0.2, 0.25) is 0 Å². The molecule has 0 spiro atoms. The van der Waals surface area contributed by atoms with Gasteiger partial charge in [-0.3, -0.25) is 4.98 Å². The van der Waals surface area contributed by atoms with Crippen molar-refractivity contribution in [1.82, 2.24) is 4.98 Å². The van der Waals surface area contributed by atoms with Gasteiger partial charge in [-0.15, -0.1) is 0 Å². The average molecular weight is 283 g/mol. The van der Waals surface area contributed by atoms with Gasteiger partial charge in [-0.25, -0.2) is 0 Å². The summed E-state index contributed by atoms with van der Waals surface area (Å²) in [5.41, 5.74) is 7.38. The summed E-state index contributed by atoms with van der Waals surface area (Å²) in [5.74, 6) is 0.708. The second-order valence-electron chi connectivity index (χ2n) is 4.73. The van der Waals surface area contributed by atoms with Crippen molar-refractivity contribution in [3.05, 3.63) is 28.5 Å². The first kappa shape index (κ1) is 12.1. The molecule has 0 aromatic carbocycles. The van der Waals surface area contributed by atoms with Crippen LogP contribution in [0.15, 0.2) is 22.8 Å². The molecule has 1 fully saturated rings.